The van der Waals surface area contributed by atoms with Gasteiger partial charge in [-0.1, -0.05) is 13.8 Å². The van der Waals surface area contributed by atoms with E-state index in [1.807, 2.05) is 0 Å². The Kier molecular flexibility index (Phi) is 4.08. The molecule has 0 unspecified atom stereocenters. The summed E-state index contributed by atoms with van der Waals surface area (Å²) in [6.07, 6.45) is 5.41. The van der Waals surface area contributed by atoms with E-state index < -0.39 is 0 Å². The van der Waals surface area contributed by atoms with Gasteiger partial charge in [0.1, 0.15) is 0 Å². The highest BCUT2D eigenvalue weighted by Gasteiger charge is 2.40. The van der Waals surface area contributed by atoms with Gasteiger partial charge in [0.05, 0.1) is 5.41 Å². The fourth-order valence-corrected chi connectivity index (χ4v) is 3.17. The van der Waals surface area contributed by atoms with Crippen LogP contribution in [0.5, 0.6) is 0 Å². The molecule has 1 N–H and O–H groups in total. The van der Waals surface area contributed by atoms with E-state index in [1.54, 1.807) is 0 Å². The van der Waals surface area contributed by atoms with Crippen LogP contribution >= 0.6 is 0 Å². The van der Waals surface area contributed by atoms with Gasteiger partial charge >= 0.3 is 0 Å². The van der Waals surface area contributed by atoms with Crippen molar-refractivity contribution in [2.24, 2.45) is 11.3 Å². The molecular formula is C14H26N2O. The van der Waals surface area contributed by atoms with E-state index in [-0.39, 0.29) is 5.41 Å². The zero-order valence-corrected chi connectivity index (χ0v) is 11.3. The lowest BCUT2D eigenvalue weighted by molar-refractivity contribution is -0.145. The van der Waals surface area contributed by atoms with Crippen molar-refractivity contribution in [1.82, 2.24) is 10.2 Å². The third-order valence-electron chi connectivity index (χ3n) is 4.76. The van der Waals surface area contributed by atoms with E-state index in [0.29, 0.717) is 5.91 Å². The Bertz CT molecular complexity index is 263. The quantitative estimate of drug-likeness (QED) is 0.798. The van der Waals surface area contributed by atoms with Crippen LogP contribution in [0.25, 0.3) is 0 Å². The van der Waals surface area contributed by atoms with Crippen LogP contribution in [0.1, 0.15) is 46.0 Å². The molecule has 3 heteroatoms. The summed E-state index contributed by atoms with van der Waals surface area (Å²) in [7, 11) is 0. The number of carbonyl (C=O) groups excluding carboxylic acids is 1. The molecule has 3 nitrogen and oxygen atoms in total. The van der Waals surface area contributed by atoms with E-state index in [0.717, 1.165) is 51.4 Å². The van der Waals surface area contributed by atoms with Gasteiger partial charge < -0.3 is 10.2 Å². The average Bonchev–Trinajstić information content (AvgIpc) is 2.39. The minimum absolute atomic E-state index is 0.0498. The van der Waals surface area contributed by atoms with Crippen LogP contribution in [0.3, 0.4) is 0 Å². The normalized spacial score (nSPS) is 25.9. The molecule has 0 atom stereocenters. The minimum atomic E-state index is -0.0498. The summed E-state index contributed by atoms with van der Waals surface area (Å²) in [4.78, 5) is 14.8. The highest BCUT2D eigenvalue weighted by atomic mass is 16.2. The Morgan fingerprint density at radius 2 is 1.88 bits per heavy atom. The second-order valence-electron chi connectivity index (χ2n) is 5.86. The number of hydrogen-bond acceptors (Lipinski definition) is 2. The zero-order valence-electron chi connectivity index (χ0n) is 11.3. The van der Waals surface area contributed by atoms with Crippen molar-refractivity contribution in [1.29, 1.82) is 0 Å². The summed E-state index contributed by atoms with van der Waals surface area (Å²) < 4.78 is 0. The Morgan fingerprint density at radius 3 is 2.41 bits per heavy atom. The first kappa shape index (κ1) is 12.9. The standard InChI is InChI=1S/C14H26N2O/c1-3-14(6-8-15-9-7-14)13(17)16-10-4-12(2)5-11-16/h12,15H,3-11H2,1-2H3. The fourth-order valence-electron chi connectivity index (χ4n) is 3.17. The molecule has 0 aromatic carbocycles. The average molecular weight is 238 g/mol. The summed E-state index contributed by atoms with van der Waals surface area (Å²) in [5.74, 6) is 1.23. The van der Waals surface area contributed by atoms with Gasteiger partial charge in [-0.25, -0.2) is 0 Å². The van der Waals surface area contributed by atoms with Crippen molar-refractivity contribution in [3.8, 4) is 0 Å². The molecule has 2 aliphatic rings. The lowest BCUT2D eigenvalue weighted by Crippen LogP contribution is -2.51. The third-order valence-corrected chi connectivity index (χ3v) is 4.76. The molecule has 0 spiro atoms. The van der Waals surface area contributed by atoms with Crippen LogP contribution in [-0.4, -0.2) is 37.0 Å². The Balaban J connectivity index is 2.01. The maximum atomic E-state index is 12.7. The molecule has 1 amide bonds. The SMILES string of the molecule is CCC1(C(=O)N2CCC(C)CC2)CCNCC1. The van der Waals surface area contributed by atoms with Crippen molar-refractivity contribution >= 4 is 5.91 Å². The van der Waals surface area contributed by atoms with Gasteiger partial charge in [-0.2, -0.15) is 0 Å². The Morgan fingerprint density at radius 1 is 1.29 bits per heavy atom. The predicted molar refractivity (Wildman–Crippen MR) is 69.8 cm³/mol. The number of rotatable bonds is 2. The van der Waals surface area contributed by atoms with Gasteiger partial charge in [0.15, 0.2) is 0 Å². The monoisotopic (exact) mass is 238 g/mol. The molecule has 0 bridgehead atoms. The van der Waals surface area contributed by atoms with Crippen LogP contribution in [0, 0.1) is 11.3 Å². The maximum absolute atomic E-state index is 12.7. The van der Waals surface area contributed by atoms with Gasteiger partial charge in [0, 0.05) is 13.1 Å². The zero-order chi connectivity index (χ0) is 12.3. The molecule has 2 aliphatic heterocycles. The number of carbonyl (C=O) groups is 1. The first-order valence-electron chi connectivity index (χ1n) is 7.18. The second-order valence-corrected chi connectivity index (χ2v) is 5.86. The fraction of sp³-hybridized carbons (Fsp3) is 0.929. The molecule has 0 saturated carbocycles. The molecule has 0 aromatic rings. The molecule has 2 fully saturated rings. The first-order chi connectivity index (χ1) is 8.18. The van der Waals surface area contributed by atoms with Crippen LogP contribution in [-0.2, 0) is 4.79 Å². The summed E-state index contributed by atoms with van der Waals surface area (Å²) >= 11 is 0. The molecule has 2 heterocycles. The van der Waals surface area contributed by atoms with Gasteiger partial charge in [-0.05, 0) is 51.1 Å². The molecule has 0 radical (unpaired) electrons. The molecule has 98 valence electrons. The van der Waals surface area contributed by atoms with Crippen molar-refractivity contribution in [3.05, 3.63) is 0 Å². The van der Waals surface area contributed by atoms with E-state index in [2.05, 4.69) is 24.1 Å². The Hall–Kier alpha value is -0.570. The second kappa shape index (κ2) is 5.38. The van der Waals surface area contributed by atoms with Crippen LogP contribution in [0.15, 0.2) is 0 Å². The molecule has 0 aliphatic carbocycles. The molecule has 0 aromatic heterocycles. The number of likely N-dealkylation sites (tertiary alicyclic amines) is 1. The maximum Gasteiger partial charge on any atom is 0.228 e. The van der Waals surface area contributed by atoms with Crippen LogP contribution < -0.4 is 5.32 Å². The number of hydrogen-bond donors (Lipinski definition) is 1. The van der Waals surface area contributed by atoms with E-state index in [9.17, 15) is 4.79 Å². The van der Waals surface area contributed by atoms with Crippen molar-refractivity contribution in [2.75, 3.05) is 26.2 Å². The van der Waals surface area contributed by atoms with E-state index in [1.165, 1.54) is 12.8 Å². The largest absolute Gasteiger partial charge is 0.342 e. The lowest BCUT2D eigenvalue weighted by Gasteiger charge is -2.41. The Labute approximate surface area is 105 Å². The highest BCUT2D eigenvalue weighted by Crippen LogP contribution is 2.35. The van der Waals surface area contributed by atoms with Gasteiger partial charge in [0.25, 0.3) is 0 Å². The topological polar surface area (TPSA) is 32.3 Å². The minimum Gasteiger partial charge on any atom is -0.342 e. The van der Waals surface area contributed by atoms with Crippen molar-refractivity contribution in [2.45, 2.75) is 46.0 Å². The van der Waals surface area contributed by atoms with Gasteiger partial charge in [-0.3, -0.25) is 4.79 Å². The highest BCUT2D eigenvalue weighted by molar-refractivity contribution is 5.83. The van der Waals surface area contributed by atoms with Crippen molar-refractivity contribution in [3.63, 3.8) is 0 Å². The summed E-state index contributed by atoms with van der Waals surface area (Å²) in [6.45, 7) is 8.44. The molecular weight excluding hydrogens is 212 g/mol. The summed E-state index contributed by atoms with van der Waals surface area (Å²) in [5, 5.41) is 3.37. The summed E-state index contributed by atoms with van der Waals surface area (Å²) in [6, 6.07) is 0. The predicted octanol–water partition coefficient (Wildman–Crippen LogP) is 2.02. The van der Waals surface area contributed by atoms with Crippen LogP contribution in [0.4, 0.5) is 0 Å². The van der Waals surface area contributed by atoms with Crippen LogP contribution in [0.2, 0.25) is 0 Å². The first-order valence-corrected chi connectivity index (χ1v) is 7.18. The number of amides is 1. The molecule has 2 saturated heterocycles. The number of nitrogens with zero attached hydrogens (tertiary/aromatic N) is 1. The third kappa shape index (κ3) is 2.65. The summed E-state index contributed by atoms with van der Waals surface area (Å²) in [5.41, 5.74) is -0.0498. The lowest BCUT2D eigenvalue weighted by atomic mass is 9.75. The molecule has 17 heavy (non-hydrogen) atoms. The van der Waals surface area contributed by atoms with Gasteiger partial charge in [-0.15, -0.1) is 0 Å². The van der Waals surface area contributed by atoms with Gasteiger partial charge in [0.2, 0.25) is 5.91 Å². The number of nitrogens with one attached hydrogen (secondary N) is 1. The number of piperidine rings is 2. The smallest absolute Gasteiger partial charge is 0.228 e. The van der Waals surface area contributed by atoms with Crippen molar-refractivity contribution < 1.29 is 4.79 Å². The van der Waals surface area contributed by atoms with E-state index in [4.69, 9.17) is 0 Å². The molecule has 2 rings (SSSR count). The van der Waals surface area contributed by atoms with E-state index >= 15 is 0 Å².